The van der Waals surface area contributed by atoms with Crippen LogP contribution in [-0.2, 0) is 6.61 Å². The molecule has 0 spiro atoms. The highest BCUT2D eigenvalue weighted by Gasteiger charge is 2.12. The molecule has 160 valence electrons. The van der Waals surface area contributed by atoms with Crippen LogP contribution in [0.3, 0.4) is 0 Å². The molecule has 5 nitrogen and oxygen atoms in total. The number of halogens is 2. The fraction of sp³-hybridized carbons (Fsp3) is 0.167. The summed E-state index contributed by atoms with van der Waals surface area (Å²) in [6.07, 6.45) is 1.76. The van der Waals surface area contributed by atoms with Gasteiger partial charge in [0.05, 0.1) is 21.4 Å². The molecular weight excluding hydrogens is 529 g/mol. The second kappa shape index (κ2) is 10.6. The number of hydrogen-bond donors (Lipinski definition) is 1. The highest BCUT2D eigenvalue weighted by Crippen LogP contribution is 2.35. The minimum atomic E-state index is -0.953. The van der Waals surface area contributed by atoms with E-state index < -0.39 is 5.97 Å². The number of rotatable bonds is 8. The summed E-state index contributed by atoms with van der Waals surface area (Å²) in [5.41, 5.74) is 3.77. The lowest BCUT2D eigenvalue weighted by atomic mass is 10.1. The Morgan fingerprint density at radius 3 is 2.52 bits per heavy atom. The zero-order valence-corrected chi connectivity index (χ0v) is 20.0. The van der Waals surface area contributed by atoms with Gasteiger partial charge in [0.2, 0.25) is 0 Å². The molecular formula is C24H21ClINO4. The topological polar surface area (TPSA) is 68.1 Å². The number of nitrogens with zero attached hydrogens (tertiary/aromatic N) is 1. The van der Waals surface area contributed by atoms with Gasteiger partial charge in [-0.2, -0.15) is 0 Å². The van der Waals surface area contributed by atoms with Crippen LogP contribution >= 0.6 is 34.2 Å². The number of hydrogen-bond acceptors (Lipinski definition) is 4. The van der Waals surface area contributed by atoms with E-state index in [1.807, 2.05) is 44.2 Å². The van der Waals surface area contributed by atoms with Crippen LogP contribution in [0, 0.1) is 10.5 Å². The zero-order valence-electron chi connectivity index (χ0n) is 17.1. The number of carbonyl (C=O) groups is 1. The summed E-state index contributed by atoms with van der Waals surface area (Å²) in [4.78, 5) is 15.5. The van der Waals surface area contributed by atoms with E-state index in [9.17, 15) is 4.79 Å². The first-order chi connectivity index (χ1) is 14.9. The fourth-order valence-corrected chi connectivity index (χ4v) is 3.73. The number of aliphatic imine (C=N–C) groups is 1. The molecule has 0 amide bonds. The maximum atomic E-state index is 11.0. The van der Waals surface area contributed by atoms with Gasteiger partial charge in [-0.05, 0) is 89.5 Å². The lowest BCUT2D eigenvalue weighted by Crippen LogP contribution is -2.03. The maximum absolute atomic E-state index is 11.0. The Bertz CT molecular complexity index is 1110. The van der Waals surface area contributed by atoms with E-state index in [2.05, 4.69) is 27.6 Å². The summed E-state index contributed by atoms with van der Waals surface area (Å²) >= 11 is 8.38. The van der Waals surface area contributed by atoms with E-state index in [1.165, 1.54) is 0 Å². The van der Waals surface area contributed by atoms with Crippen molar-refractivity contribution in [3.63, 3.8) is 0 Å². The highest BCUT2D eigenvalue weighted by molar-refractivity contribution is 14.1. The maximum Gasteiger partial charge on any atom is 0.335 e. The van der Waals surface area contributed by atoms with Gasteiger partial charge in [-0.15, -0.1) is 0 Å². The summed E-state index contributed by atoms with van der Waals surface area (Å²) in [6, 6.07) is 16.1. The van der Waals surface area contributed by atoms with Crippen LogP contribution in [0.5, 0.6) is 11.5 Å². The molecule has 0 aliphatic carbocycles. The zero-order chi connectivity index (χ0) is 22.4. The highest BCUT2D eigenvalue weighted by atomic mass is 127. The van der Waals surface area contributed by atoms with Crippen molar-refractivity contribution < 1.29 is 19.4 Å². The van der Waals surface area contributed by atoms with E-state index in [0.717, 1.165) is 25.9 Å². The molecule has 3 rings (SSSR count). The number of benzene rings is 3. The number of ether oxygens (including phenoxy) is 2. The van der Waals surface area contributed by atoms with Crippen LogP contribution in [0.2, 0.25) is 5.02 Å². The SMILES string of the molecule is CCOc1cc(C=Nc2ccc(C)c(Cl)c2)cc(I)c1OCc1ccc(C(=O)O)cc1. The van der Waals surface area contributed by atoms with Gasteiger partial charge in [0.25, 0.3) is 0 Å². The summed E-state index contributed by atoms with van der Waals surface area (Å²) < 4.78 is 12.7. The van der Waals surface area contributed by atoms with Crippen LogP contribution in [0.25, 0.3) is 0 Å². The predicted octanol–water partition coefficient (Wildman–Crippen LogP) is 6.68. The van der Waals surface area contributed by atoms with Gasteiger partial charge in [-0.1, -0.05) is 29.8 Å². The smallest absolute Gasteiger partial charge is 0.335 e. The summed E-state index contributed by atoms with van der Waals surface area (Å²) in [5, 5.41) is 9.70. The minimum absolute atomic E-state index is 0.242. The van der Waals surface area contributed by atoms with Gasteiger partial charge in [0.1, 0.15) is 6.61 Å². The Hall–Kier alpha value is -2.58. The number of aryl methyl sites for hydroxylation is 1. The Balaban J connectivity index is 1.80. The third-order valence-electron chi connectivity index (χ3n) is 4.43. The van der Waals surface area contributed by atoms with Crippen molar-refractivity contribution in [1.82, 2.24) is 0 Å². The van der Waals surface area contributed by atoms with Crippen LogP contribution in [-0.4, -0.2) is 23.9 Å². The van der Waals surface area contributed by atoms with E-state index in [4.69, 9.17) is 26.2 Å². The number of carboxylic acids is 1. The van der Waals surface area contributed by atoms with Gasteiger partial charge >= 0.3 is 5.97 Å². The van der Waals surface area contributed by atoms with Crippen molar-refractivity contribution in [1.29, 1.82) is 0 Å². The molecule has 0 unspecified atom stereocenters. The van der Waals surface area contributed by atoms with Gasteiger partial charge in [0.15, 0.2) is 11.5 Å². The first-order valence-corrected chi connectivity index (χ1v) is 11.0. The summed E-state index contributed by atoms with van der Waals surface area (Å²) in [6.45, 7) is 4.65. The van der Waals surface area contributed by atoms with Crippen LogP contribution in [0.15, 0.2) is 59.6 Å². The lowest BCUT2D eigenvalue weighted by molar-refractivity contribution is 0.0697. The van der Waals surface area contributed by atoms with E-state index in [0.29, 0.717) is 29.7 Å². The predicted molar refractivity (Wildman–Crippen MR) is 132 cm³/mol. The molecule has 0 saturated carbocycles. The first-order valence-electron chi connectivity index (χ1n) is 9.59. The van der Waals surface area contributed by atoms with Gasteiger partial charge in [0, 0.05) is 11.2 Å². The van der Waals surface area contributed by atoms with Crippen molar-refractivity contribution in [2.45, 2.75) is 20.5 Å². The molecule has 0 saturated heterocycles. The molecule has 0 aromatic heterocycles. The molecule has 3 aromatic carbocycles. The minimum Gasteiger partial charge on any atom is -0.490 e. The molecule has 0 bridgehead atoms. The molecule has 0 heterocycles. The quantitative estimate of drug-likeness (QED) is 0.251. The molecule has 0 aliphatic rings. The monoisotopic (exact) mass is 549 g/mol. The van der Waals surface area contributed by atoms with Crippen molar-refractivity contribution in [2.75, 3.05) is 6.61 Å². The third-order valence-corrected chi connectivity index (χ3v) is 5.64. The average molecular weight is 550 g/mol. The summed E-state index contributed by atoms with van der Waals surface area (Å²) in [7, 11) is 0. The first kappa shape index (κ1) is 23.1. The van der Waals surface area contributed by atoms with Crippen molar-refractivity contribution >= 4 is 52.1 Å². The molecule has 31 heavy (non-hydrogen) atoms. The Morgan fingerprint density at radius 2 is 1.87 bits per heavy atom. The molecule has 0 fully saturated rings. The van der Waals surface area contributed by atoms with Crippen molar-refractivity contribution in [3.8, 4) is 11.5 Å². The normalized spacial score (nSPS) is 11.0. The second-order valence-electron chi connectivity index (χ2n) is 6.75. The van der Waals surface area contributed by atoms with Gasteiger partial charge < -0.3 is 14.6 Å². The van der Waals surface area contributed by atoms with Crippen molar-refractivity contribution in [2.24, 2.45) is 4.99 Å². The van der Waals surface area contributed by atoms with E-state index in [1.54, 1.807) is 30.5 Å². The van der Waals surface area contributed by atoms with Crippen molar-refractivity contribution in [3.05, 3.63) is 85.4 Å². The number of aromatic carboxylic acids is 1. The lowest BCUT2D eigenvalue weighted by Gasteiger charge is -2.15. The van der Waals surface area contributed by atoms with Crippen LogP contribution in [0.4, 0.5) is 5.69 Å². The molecule has 3 aromatic rings. The Morgan fingerprint density at radius 1 is 1.13 bits per heavy atom. The largest absolute Gasteiger partial charge is 0.490 e. The fourth-order valence-electron chi connectivity index (χ4n) is 2.78. The third kappa shape index (κ3) is 6.21. The van der Waals surface area contributed by atoms with Crippen LogP contribution < -0.4 is 9.47 Å². The van der Waals surface area contributed by atoms with Gasteiger partial charge in [-0.3, -0.25) is 4.99 Å². The van der Waals surface area contributed by atoms with Crippen LogP contribution in [0.1, 0.15) is 34.0 Å². The van der Waals surface area contributed by atoms with E-state index in [-0.39, 0.29) is 5.56 Å². The molecule has 1 N–H and O–H groups in total. The Kier molecular flexibility index (Phi) is 7.92. The Labute approximate surface area is 199 Å². The van der Waals surface area contributed by atoms with Gasteiger partial charge in [-0.25, -0.2) is 4.79 Å². The molecule has 0 atom stereocenters. The molecule has 7 heteroatoms. The summed E-state index contributed by atoms with van der Waals surface area (Å²) in [5.74, 6) is 0.311. The molecule has 0 radical (unpaired) electrons. The molecule has 0 aliphatic heterocycles. The second-order valence-corrected chi connectivity index (χ2v) is 8.31. The number of carboxylic acid groups (broad SMARTS) is 1. The average Bonchev–Trinajstić information content (AvgIpc) is 2.74. The standard InChI is InChI=1S/C24H21ClINO4/c1-3-30-22-11-17(13-27-19-9-4-15(2)20(25)12-19)10-21(26)23(22)31-14-16-5-7-18(8-6-16)24(28)29/h4-13H,3,14H2,1-2H3,(H,28,29). The van der Waals surface area contributed by atoms with E-state index >= 15 is 0 Å².